The lowest BCUT2D eigenvalue weighted by Crippen LogP contribution is -2.09. The Balaban J connectivity index is 3.17. The molecule has 0 aliphatic carbocycles. The molecule has 2 N–H and O–H groups in total. The first-order valence-electron chi connectivity index (χ1n) is 3.96. The molecule has 0 aliphatic heterocycles. The van der Waals surface area contributed by atoms with Crippen LogP contribution >= 0.6 is 0 Å². The molecule has 0 heterocycles. The molecule has 0 saturated carbocycles. The number of benzene rings is 1. The van der Waals surface area contributed by atoms with E-state index in [1.807, 2.05) is 0 Å². The quantitative estimate of drug-likeness (QED) is 0.732. The Morgan fingerprint density at radius 3 is 2.31 bits per heavy atom. The highest BCUT2D eigenvalue weighted by molar-refractivity contribution is 7.90. The number of sulfone groups is 1. The van der Waals surface area contributed by atoms with Gasteiger partial charge in [0.2, 0.25) is 0 Å². The molecule has 0 saturated heterocycles. The van der Waals surface area contributed by atoms with Crippen LogP contribution in [0.2, 0.25) is 0 Å². The standard InChI is InChI=1S/C9H13NO2S/c1-7(13(2,11)12)8-5-3-4-6-9(8)10/h3-7H,10H2,1-2H3. The van der Waals surface area contributed by atoms with Crippen molar-refractivity contribution in [3.05, 3.63) is 29.8 Å². The van der Waals surface area contributed by atoms with Gasteiger partial charge in [-0.05, 0) is 18.6 Å². The van der Waals surface area contributed by atoms with Crippen molar-refractivity contribution in [2.45, 2.75) is 12.2 Å². The molecule has 1 atom stereocenters. The summed E-state index contributed by atoms with van der Waals surface area (Å²) in [7, 11) is -3.06. The van der Waals surface area contributed by atoms with E-state index in [2.05, 4.69) is 0 Å². The second-order valence-corrected chi connectivity index (χ2v) is 5.47. The minimum Gasteiger partial charge on any atom is -0.398 e. The minimum absolute atomic E-state index is 0.528. The second-order valence-electron chi connectivity index (χ2n) is 3.10. The van der Waals surface area contributed by atoms with E-state index in [9.17, 15) is 8.42 Å². The van der Waals surface area contributed by atoms with Gasteiger partial charge in [0, 0.05) is 11.9 Å². The topological polar surface area (TPSA) is 60.2 Å². The molecule has 1 aromatic rings. The average molecular weight is 199 g/mol. The minimum atomic E-state index is -3.06. The first-order valence-corrected chi connectivity index (χ1v) is 5.91. The molecule has 1 aromatic carbocycles. The maximum atomic E-state index is 11.2. The van der Waals surface area contributed by atoms with Crippen LogP contribution in [0.3, 0.4) is 0 Å². The summed E-state index contributed by atoms with van der Waals surface area (Å²) >= 11 is 0. The van der Waals surface area contributed by atoms with E-state index in [1.165, 1.54) is 6.26 Å². The molecule has 0 aliphatic rings. The van der Waals surface area contributed by atoms with Crippen LogP contribution in [0.25, 0.3) is 0 Å². The number of para-hydroxylation sites is 1. The fraction of sp³-hybridized carbons (Fsp3) is 0.333. The third kappa shape index (κ3) is 2.21. The summed E-state index contributed by atoms with van der Waals surface area (Å²) in [5.74, 6) is 0. The summed E-state index contributed by atoms with van der Waals surface area (Å²) in [5.41, 5.74) is 6.85. The Bertz CT molecular complexity index is 398. The lowest BCUT2D eigenvalue weighted by molar-refractivity contribution is 0.592. The number of nitrogens with two attached hydrogens (primary N) is 1. The first-order chi connectivity index (χ1) is 5.93. The average Bonchev–Trinajstić information content (AvgIpc) is 2.02. The highest BCUT2D eigenvalue weighted by Crippen LogP contribution is 2.25. The summed E-state index contributed by atoms with van der Waals surface area (Å²) in [6.45, 7) is 1.64. The zero-order valence-electron chi connectivity index (χ0n) is 7.69. The Morgan fingerprint density at radius 1 is 1.31 bits per heavy atom. The summed E-state index contributed by atoms with van der Waals surface area (Å²) in [6, 6.07) is 7.01. The zero-order chi connectivity index (χ0) is 10.1. The molecule has 0 amide bonds. The van der Waals surface area contributed by atoms with Crippen LogP contribution in [0, 0.1) is 0 Å². The highest BCUT2D eigenvalue weighted by Gasteiger charge is 2.18. The van der Waals surface area contributed by atoms with Crippen LogP contribution in [-0.2, 0) is 9.84 Å². The van der Waals surface area contributed by atoms with Crippen LogP contribution in [0.4, 0.5) is 5.69 Å². The number of rotatable bonds is 2. The molecule has 4 heteroatoms. The van der Waals surface area contributed by atoms with Crippen LogP contribution in [0.1, 0.15) is 17.7 Å². The third-order valence-corrected chi connectivity index (χ3v) is 3.61. The SMILES string of the molecule is CC(c1ccccc1N)S(C)(=O)=O. The lowest BCUT2D eigenvalue weighted by Gasteiger charge is -2.11. The summed E-state index contributed by atoms with van der Waals surface area (Å²) in [5, 5.41) is -0.534. The van der Waals surface area contributed by atoms with E-state index in [1.54, 1.807) is 31.2 Å². The van der Waals surface area contributed by atoms with Crippen molar-refractivity contribution in [2.75, 3.05) is 12.0 Å². The Labute approximate surface area is 78.5 Å². The normalized spacial score (nSPS) is 14.0. The zero-order valence-corrected chi connectivity index (χ0v) is 8.51. The van der Waals surface area contributed by atoms with Crippen molar-refractivity contribution in [1.29, 1.82) is 0 Å². The van der Waals surface area contributed by atoms with Gasteiger partial charge in [-0.1, -0.05) is 18.2 Å². The molecule has 0 bridgehead atoms. The maximum Gasteiger partial charge on any atom is 0.154 e. The van der Waals surface area contributed by atoms with Gasteiger partial charge in [0.05, 0.1) is 5.25 Å². The Kier molecular flexibility index (Phi) is 2.61. The van der Waals surface area contributed by atoms with Gasteiger partial charge in [-0.2, -0.15) is 0 Å². The summed E-state index contributed by atoms with van der Waals surface area (Å²) < 4.78 is 22.5. The van der Waals surface area contributed by atoms with E-state index in [0.717, 1.165) is 0 Å². The van der Waals surface area contributed by atoms with Gasteiger partial charge in [-0.25, -0.2) is 8.42 Å². The van der Waals surface area contributed by atoms with Gasteiger partial charge in [0.1, 0.15) is 0 Å². The van der Waals surface area contributed by atoms with Gasteiger partial charge in [-0.3, -0.25) is 0 Å². The molecule has 0 fully saturated rings. The van der Waals surface area contributed by atoms with Crippen molar-refractivity contribution < 1.29 is 8.42 Å². The fourth-order valence-corrected chi connectivity index (χ4v) is 1.79. The summed E-state index contributed by atoms with van der Waals surface area (Å²) in [4.78, 5) is 0. The van der Waals surface area contributed by atoms with Crippen molar-refractivity contribution in [2.24, 2.45) is 0 Å². The Hall–Kier alpha value is -1.03. The van der Waals surface area contributed by atoms with Crippen molar-refractivity contribution in [1.82, 2.24) is 0 Å². The first kappa shape index (κ1) is 10.1. The van der Waals surface area contributed by atoms with Crippen LogP contribution in [-0.4, -0.2) is 14.7 Å². The summed E-state index contributed by atoms with van der Waals surface area (Å²) in [6.07, 6.45) is 1.21. The van der Waals surface area contributed by atoms with Crippen LogP contribution < -0.4 is 5.73 Å². The van der Waals surface area contributed by atoms with E-state index in [4.69, 9.17) is 5.73 Å². The largest absolute Gasteiger partial charge is 0.398 e. The van der Waals surface area contributed by atoms with Crippen LogP contribution in [0.5, 0.6) is 0 Å². The lowest BCUT2D eigenvalue weighted by atomic mass is 10.1. The van der Waals surface area contributed by atoms with Crippen molar-refractivity contribution in [3.8, 4) is 0 Å². The molecular formula is C9H13NO2S. The van der Waals surface area contributed by atoms with Gasteiger partial charge in [0.15, 0.2) is 9.84 Å². The van der Waals surface area contributed by atoms with E-state index >= 15 is 0 Å². The number of hydrogen-bond donors (Lipinski definition) is 1. The molecule has 0 aromatic heterocycles. The van der Waals surface area contributed by atoms with Gasteiger partial charge in [-0.15, -0.1) is 0 Å². The predicted octanol–water partition coefficient (Wildman–Crippen LogP) is 1.37. The second kappa shape index (κ2) is 3.38. The van der Waals surface area contributed by atoms with Crippen molar-refractivity contribution in [3.63, 3.8) is 0 Å². The van der Waals surface area contributed by atoms with Crippen LogP contribution in [0.15, 0.2) is 24.3 Å². The maximum absolute atomic E-state index is 11.2. The molecule has 0 spiro atoms. The Morgan fingerprint density at radius 2 is 1.85 bits per heavy atom. The van der Waals surface area contributed by atoms with E-state index < -0.39 is 15.1 Å². The fourth-order valence-electron chi connectivity index (χ4n) is 1.11. The molecule has 0 radical (unpaired) electrons. The molecule has 1 rings (SSSR count). The monoisotopic (exact) mass is 199 g/mol. The molecule has 3 nitrogen and oxygen atoms in total. The van der Waals surface area contributed by atoms with E-state index in [-0.39, 0.29) is 0 Å². The number of hydrogen-bond acceptors (Lipinski definition) is 3. The van der Waals surface area contributed by atoms with E-state index in [0.29, 0.717) is 11.3 Å². The number of anilines is 1. The van der Waals surface area contributed by atoms with Gasteiger partial charge in [0.25, 0.3) is 0 Å². The van der Waals surface area contributed by atoms with Gasteiger partial charge >= 0.3 is 0 Å². The smallest absolute Gasteiger partial charge is 0.154 e. The number of nitrogen functional groups attached to an aromatic ring is 1. The third-order valence-electron chi connectivity index (χ3n) is 2.08. The van der Waals surface area contributed by atoms with Gasteiger partial charge < -0.3 is 5.73 Å². The van der Waals surface area contributed by atoms with Crippen molar-refractivity contribution >= 4 is 15.5 Å². The predicted molar refractivity (Wildman–Crippen MR) is 54.1 cm³/mol. The molecular weight excluding hydrogens is 186 g/mol. The highest BCUT2D eigenvalue weighted by atomic mass is 32.2. The molecule has 72 valence electrons. The molecule has 1 unspecified atom stereocenters. The molecule has 13 heavy (non-hydrogen) atoms.